The monoisotopic (exact) mass is 496 g/mol. The summed E-state index contributed by atoms with van der Waals surface area (Å²) in [6.45, 7) is 0. The van der Waals surface area contributed by atoms with Gasteiger partial charge in [0, 0.05) is 0 Å². The summed E-state index contributed by atoms with van der Waals surface area (Å²) in [6, 6.07) is 11.9. The van der Waals surface area contributed by atoms with Crippen molar-refractivity contribution < 1.29 is 36.6 Å². The Bertz CT molecular complexity index is 1040. The fourth-order valence-corrected chi connectivity index (χ4v) is 11.6. The van der Waals surface area contributed by atoms with E-state index in [1.165, 1.54) is 24.3 Å². The van der Waals surface area contributed by atoms with Crippen LogP contribution in [0.4, 0.5) is 11.4 Å². The number of hydrogen-bond acceptors (Lipinski definition) is 6. The number of allylic oxidation sites excluding steroid dienone is 8. The van der Waals surface area contributed by atoms with Crippen molar-refractivity contribution in [3.05, 3.63) is 112 Å². The van der Waals surface area contributed by atoms with Crippen LogP contribution in [0.2, 0.25) is 0 Å². The van der Waals surface area contributed by atoms with E-state index in [4.69, 9.17) is 5.63 Å². The molecule has 0 fully saturated rings. The van der Waals surface area contributed by atoms with Crippen LogP contribution >= 0.6 is 0 Å². The summed E-state index contributed by atoms with van der Waals surface area (Å²) >= 11 is -4.23. The molecule has 2 aromatic rings. The molecule has 0 aromatic heterocycles. The van der Waals surface area contributed by atoms with Crippen LogP contribution in [0.15, 0.2) is 91.5 Å². The molecule has 0 radical (unpaired) electrons. The van der Waals surface area contributed by atoms with Gasteiger partial charge in [0.05, 0.1) is 0 Å². The van der Waals surface area contributed by atoms with E-state index in [2.05, 4.69) is 0 Å². The molecule has 2 aliphatic rings. The summed E-state index contributed by atoms with van der Waals surface area (Å²) < 4.78 is 15.3. The van der Waals surface area contributed by atoms with E-state index in [9.17, 15) is 20.2 Å². The fourth-order valence-electron chi connectivity index (χ4n) is 3.48. The van der Waals surface area contributed by atoms with Crippen LogP contribution in [0, 0.1) is 20.2 Å². The van der Waals surface area contributed by atoms with Gasteiger partial charge >= 0.3 is 184 Å². The molecule has 0 saturated carbocycles. The van der Waals surface area contributed by atoms with Crippen LogP contribution in [0.5, 0.6) is 11.5 Å². The number of nitrogens with zero attached hydrogens (tertiary/aromatic N) is 2. The third kappa shape index (κ3) is 4.41. The summed E-state index contributed by atoms with van der Waals surface area (Å²) in [5, 5.41) is 22.0. The fraction of sp³-hybridized carbons (Fsp3) is 0.0909. The molecule has 2 aliphatic carbocycles. The zero-order chi connectivity index (χ0) is 21.8. The molecule has 9 heteroatoms. The molecule has 0 heterocycles. The summed E-state index contributed by atoms with van der Waals surface area (Å²) in [7, 11) is 0. The molecule has 31 heavy (non-hydrogen) atoms. The van der Waals surface area contributed by atoms with Crippen molar-refractivity contribution in [2.24, 2.45) is 0 Å². The van der Waals surface area contributed by atoms with Gasteiger partial charge in [0.2, 0.25) is 0 Å². The first-order valence-electron chi connectivity index (χ1n) is 9.57. The van der Waals surface area contributed by atoms with Gasteiger partial charge in [-0.05, 0) is 0 Å². The predicted octanol–water partition coefficient (Wildman–Crippen LogP) is 5.63. The molecular weight excluding hydrogens is 479 g/mol. The van der Waals surface area contributed by atoms with Gasteiger partial charge in [-0.3, -0.25) is 0 Å². The van der Waals surface area contributed by atoms with Crippen LogP contribution in [0.25, 0.3) is 0 Å². The molecule has 0 aliphatic heterocycles. The topological polar surface area (TPSA) is 105 Å². The molecule has 156 valence electrons. The molecule has 0 amide bonds. The molecule has 4 rings (SSSR count). The molecule has 0 unspecified atom stereocenters. The van der Waals surface area contributed by atoms with E-state index in [1.807, 2.05) is 36.5 Å². The van der Waals surface area contributed by atoms with Crippen molar-refractivity contribution in [3.63, 3.8) is 0 Å². The van der Waals surface area contributed by atoms with Crippen molar-refractivity contribution >= 4 is 11.4 Å². The van der Waals surface area contributed by atoms with Gasteiger partial charge in [0.15, 0.2) is 0 Å². The van der Waals surface area contributed by atoms with Crippen LogP contribution in [-0.2, 0) is 21.1 Å². The summed E-state index contributed by atoms with van der Waals surface area (Å²) in [5.74, 6) is 0.979. The Morgan fingerprint density at radius 2 is 1.06 bits per heavy atom. The van der Waals surface area contributed by atoms with Crippen LogP contribution in [0.1, 0.15) is 12.8 Å². The zero-order valence-electron chi connectivity index (χ0n) is 16.3. The maximum absolute atomic E-state index is 11.0. The third-order valence-corrected chi connectivity index (χ3v) is 13.6. The Balaban J connectivity index is 1.74. The molecule has 0 saturated heterocycles. The van der Waals surface area contributed by atoms with E-state index in [0.29, 0.717) is 24.3 Å². The SMILES string of the molecule is O=[N+]([O-])c1ccc([O][Zr]([O]c2ccc([N+](=O)[O-])cc2)([C]2=CC=CC2)[C]2=CC=CC2)cc1. The average molecular weight is 498 g/mol. The number of hydrogen-bond donors (Lipinski definition) is 0. The standard InChI is InChI=1S/2C6H5NO3.2C5H5.Zr/c2*8-6-3-1-5(2-4-6)7(9)10;2*1-2-4-5-3-1;/h2*1-4,8H;2*1-3H,4H2;/q;;;;+2/p-2. The van der Waals surface area contributed by atoms with Crippen molar-refractivity contribution in [2.75, 3.05) is 0 Å². The first kappa shape index (κ1) is 20.9. The van der Waals surface area contributed by atoms with Crippen molar-refractivity contribution in [3.8, 4) is 11.5 Å². The van der Waals surface area contributed by atoms with Crippen molar-refractivity contribution in [1.29, 1.82) is 0 Å². The Kier molecular flexibility index (Phi) is 5.95. The van der Waals surface area contributed by atoms with Gasteiger partial charge in [-0.15, -0.1) is 0 Å². The van der Waals surface area contributed by atoms with Gasteiger partial charge in [0.1, 0.15) is 0 Å². The van der Waals surface area contributed by atoms with Gasteiger partial charge in [0.25, 0.3) is 0 Å². The van der Waals surface area contributed by atoms with Gasteiger partial charge < -0.3 is 0 Å². The van der Waals surface area contributed by atoms with E-state index in [1.54, 1.807) is 24.3 Å². The van der Waals surface area contributed by atoms with Crippen molar-refractivity contribution in [2.45, 2.75) is 12.8 Å². The minimum atomic E-state index is -4.23. The van der Waals surface area contributed by atoms with Gasteiger partial charge in [-0.1, -0.05) is 0 Å². The molecule has 0 N–H and O–H groups in total. The Morgan fingerprint density at radius 3 is 1.35 bits per heavy atom. The van der Waals surface area contributed by atoms with E-state index in [0.717, 1.165) is 6.56 Å². The molecule has 8 nitrogen and oxygen atoms in total. The molecule has 0 spiro atoms. The molecule has 2 aromatic carbocycles. The van der Waals surface area contributed by atoms with Crippen LogP contribution < -0.4 is 5.63 Å². The van der Waals surface area contributed by atoms with E-state index >= 15 is 0 Å². The Hall–Kier alpha value is -3.32. The van der Waals surface area contributed by atoms with E-state index < -0.39 is 31.0 Å². The normalized spacial score (nSPS) is 14.8. The quantitative estimate of drug-likeness (QED) is 0.346. The average Bonchev–Trinajstić information content (AvgIpc) is 3.49. The second-order valence-electron chi connectivity index (χ2n) is 6.97. The summed E-state index contributed by atoms with van der Waals surface area (Å²) in [4.78, 5) is 21.1. The van der Waals surface area contributed by atoms with Gasteiger partial charge in [-0.25, -0.2) is 0 Å². The summed E-state index contributed by atoms with van der Waals surface area (Å²) in [6.07, 6.45) is 13.4. The minimum absolute atomic E-state index is 0.0204. The third-order valence-electron chi connectivity index (χ3n) is 5.01. The first-order valence-corrected chi connectivity index (χ1v) is 14.0. The predicted molar refractivity (Wildman–Crippen MR) is 111 cm³/mol. The molecule has 0 atom stereocenters. The Morgan fingerprint density at radius 1 is 0.677 bits per heavy atom. The Labute approximate surface area is 183 Å². The second kappa shape index (κ2) is 8.82. The number of nitro benzene ring substituents is 2. The first-order chi connectivity index (χ1) is 15.0. The maximum atomic E-state index is 11.0. The van der Waals surface area contributed by atoms with Crippen LogP contribution in [-0.4, -0.2) is 9.85 Å². The number of non-ortho nitro benzene ring substituents is 2. The van der Waals surface area contributed by atoms with E-state index in [-0.39, 0.29) is 11.4 Å². The number of nitro groups is 2. The molecule has 0 bridgehead atoms. The van der Waals surface area contributed by atoms with Crippen molar-refractivity contribution in [1.82, 2.24) is 0 Å². The second-order valence-corrected chi connectivity index (χ2v) is 14.2. The summed E-state index contributed by atoms with van der Waals surface area (Å²) in [5.41, 5.74) is -0.0409. The zero-order valence-corrected chi connectivity index (χ0v) is 18.8. The number of rotatable bonds is 8. The van der Waals surface area contributed by atoms with Gasteiger partial charge in [-0.2, -0.15) is 0 Å². The van der Waals surface area contributed by atoms with Crippen LogP contribution in [0.3, 0.4) is 0 Å². The molecular formula is C22H18N2O6Zr. The number of benzene rings is 2.